The van der Waals surface area contributed by atoms with Crippen molar-refractivity contribution in [2.75, 3.05) is 13.1 Å². The average Bonchev–Trinajstić information content (AvgIpc) is 2.19. The molecule has 0 saturated carbocycles. The van der Waals surface area contributed by atoms with Gasteiger partial charge in [0.1, 0.15) is 0 Å². The van der Waals surface area contributed by atoms with Gasteiger partial charge in [-0.3, -0.25) is 4.79 Å². The number of piperidine rings is 1. The summed E-state index contributed by atoms with van der Waals surface area (Å²) in [5.41, 5.74) is 0. The zero-order chi connectivity index (χ0) is 10.4. The van der Waals surface area contributed by atoms with Crippen LogP contribution >= 0.6 is 0 Å². The molecule has 1 aliphatic heterocycles. The van der Waals surface area contributed by atoms with Crippen molar-refractivity contribution in [3.8, 4) is 6.07 Å². The summed E-state index contributed by atoms with van der Waals surface area (Å²) >= 11 is 0. The highest BCUT2D eigenvalue weighted by Gasteiger charge is 2.19. The van der Waals surface area contributed by atoms with Gasteiger partial charge in [0.25, 0.3) is 0 Å². The third-order valence-electron chi connectivity index (χ3n) is 2.33. The molecule has 1 aliphatic rings. The van der Waals surface area contributed by atoms with E-state index in [1.165, 1.54) is 6.42 Å². The molecule has 14 heavy (non-hydrogen) atoms. The van der Waals surface area contributed by atoms with Crippen LogP contribution in [0.2, 0.25) is 0 Å². The van der Waals surface area contributed by atoms with Crippen molar-refractivity contribution >= 4 is 5.97 Å². The van der Waals surface area contributed by atoms with Crippen LogP contribution in [0.3, 0.4) is 0 Å². The molecule has 0 aliphatic carbocycles. The molecule has 1 unspecified atom stereocenters. The van der Waals surface area contributed by atoms with E-state index in [9.17, 15) is 4.79 Å². The largest absolute Gasteiger partial charge is 0.368 e. The predicted molar refractivity (Wildman–Crippen MR) is 50.9 cm³/mol. The second kappa shape index (κ2) is 5.61. The van der Waals surface area contributed by atoms with Crippen LogP contribution < -0.4 is 0 Å². The maximum atomic E-state index is 11.4. The number of carbonyl (C=O) groups is 1. The van der Waals surface area contributed by atoms with Crippen LogP contribution in [0.15, 0.2) is 0 Å². The SMILES string of the molecule is CC(CC#N)C(=O)ON1CCCCC1. The quantitative estimate of drug-likeness (QED) is 0.686. The lowest BCUT2D eigenvalue weighted by atomic mass is 10.1. The molecule has 1 heterocycles. The number of rotatable bonds is 3. The predicted octanol–water partition coefficient (Wildman–Crippen LogP) is 1.48. The van der Waals surface area contributed by atoms with Crippen LogP contribution in [0.1, 0.15) is 32.6 Å². The molecule has 0 amide bonds. The first kappa shape index (κ1) is 11.0. The van der Waals surface area contributed by atoms with Gasteiger partial charge >= 0.3 is 5.97 Å². The van der Waals surface area contributed by atoms with E-state index in [4.69, 9.17) is 10.1 Å². The zero-order valence-electron chi connectivity index (χ0n) is 8.53. The first-order chi connectivity index (χ1) is 6.74. The first-order valence-corrected chi connectivity index (χ1v) is 5.07. The van der Waals surface area contributed by atoms with E-state index in [1.54, 1.807) is 12.0 Å². The molecule has 1 fully saturated rings. The molecule has 1 saturated heterocycles. The highest BCUT2D eigenvalue weighted by molar-refractivity contribution is 5.71. The van der Waals surface area contributed by atoms with E-state index < -0.39 is 0 Å². The summed E-state index contributed by atoms with van der Waals surface area (Å²) < 4.78 is 0. The lowest BCUT2D eigenvalue weighted by molar-refractivity contribution is -0.198. The van der Waals surface area contributed by atoms with Gasteiger partial charge in [-0.1, -0.05) is 13.3 Å². The molecule has 1 atom stereocenters. The van der Waals surface area contributed by atoms with E-state index >= 15 is 0 Å². The molecule has 0 N–H and O–H groups in total. The van der Waals surface area contributed by atoms with Gasteiger partial charge in [0, 0.05) is 19.5 Å². The van der Waals surface area contributed by atoms with Crippen molar-refractivity contribution < 1.29 is 9.63 Å². The van der Waals surface area contributed by atoms with E-state index in [0.29, 0.717) is 0 Å². The Kier molecular flexibility index (Phi) is 4.41. The summed E-state index contributed by atoms with van der Waals surface area (Å²) in [5.74, 6) is -0.602. The lowest BCUT2D eigenvalue weighted by Crippen LogP contribution is -2.34. The van der Waals surface area contributed by atoms with Gasteiger partial charge in [-0.15, -0.1) is 5.06 Å². The minimum Gasteiger partial charge on any atom is -0.368 e. The Labute approximate surface area is 84.4 Å². The van der Waals surface area contributed by atoms with Crippen LogP contribution in [0.4, 0.5) is 0 Å². The molecule has 0 aromatic rings. The maximum absolute atomic E-state index is 11.4. The Morgan fingerprint density at radius 3 is 2.71 bits per heavy atom. The smallest absolute Gasteiger partial charge is 0.328 e. The molecule has 0 radical (unpaired) electrons. The van der Waals surface area contributed by atoms with E-state index in [2.05, 4.69) is 0 Å². The topological polar surface area (TPSA) is 53.3 Å². The van der Waals surface area contributed by atoms with Crippen molar-refractivity contribution in [1.82, 2.24) is 5.06 Å². The zero-order valence-corrected chi connectivity index (χ0v) is 8.53. The van der Waals surface area contributed by atoms with Crippen LogP contribution in [0.25, 0.3) is 0 Å². The molecule has 4 heteroatoms. The van der Waals surface area contributed by atoms with Crippen molar-refractivity contribution in [1.29, 1.82) is 5.26 Å². The Balaban J connectivity index is 2.28. The van der Waals surface area contributed by atoms with Gasteiger partial charge in [-0.05, 0) is 12.8 Å². The second-order valence-electron chi connectivity index (χ2n) is 3.66. The van der Waals surface area contributed by atoms with Gasteiger partial charge in [0.05, 0.1) is 12.0 Å². The summed E-state index contributed by atoms with van der Waals surface area (Å²) in [7, 11) is 0. The molecule has 4 nitrogen and oxygen atoms in total. The fraction of sp³-hybridized carbons (Fsp3) is 0.800. The fourth-order valence-electron chi connectivity index (χ4n) is 1.39. The van der Waals surface area contributed by atoms with Gasteiger partial charge < -0.3 is 4.84 Å². The molecule has 0 bridgehead atoms. The van der Waals surface area contributed by atoms with Gasteiger partial charge in [-0.2, -0.15) is 5.26 Å². The van der Waals surface area contributed by atoms with Crippen molar-refractivity contribution in [2.45, 2.75) is 32.6 Å². The van der Waals surface area contributed by atoms with Crippen LogP contribution in [-0.2, 0) is 9.63 Å². The minimum atomic E-state index is -0.318. The molecule has 1 rings (SSSR count). The summed E-state index contributed by atoms with van der Waals surface area (Å²) in [5, 5.41) is 10.1. The summed E-state index contributed by atoms with van der Waals surface area (Å²) in [6.45, 7) is 3.37. The Morgan fingerprint density at radius 1 is 1.50 bits per heavy atom. The molecule has 0 aromatic heterocycles. The number of nitriles is 1. The summed E-state index contributed by atoms with van der Waals surface area (Å²) in [6.07, 6.45) is 3.61. The molecular weight excluding hydrogens is 180 g/mol. The number of hydrogen-bond donors (Lipinski definition) is 0. The second-order valence-corrected chi connectivity index (χ2v) is 3.66. The third kappa shape index (κ3) is 3.35. The van der Waals surface area contributed by atoms with Crippen molar-refractivity contribution in [3.63, 3.8) is 0 Å². The van der Waals surface area contributed by atoms with Crippen molar-refractivity contribution in [3.05, 3.63) is 0 Å². The molecular formula is C10H16N2O2. The molecule has 0 aromatic carbocycles. The van der Waals surface area contributed by atoms with E-state index in [-0.39, 0.29) is 18.3 Å². The van der Waals surface area contributed by atoms with E-state index in [0.717, 1.165) is 25.9 Å². The average molecular weight is 196 g/mol. The number of hydrogen-bond acceptors (Lipinski definition) is 4. The van der Waals surface area contributed by atoms with Crippen LogP contribution in [-0.4, -0.2) is 24.1 Å². The summed E-state index contributed by atoms with van der Waals surface area (Å²) in [6, 6.07) is 1.97. The Hall–Kier alpha value is -1.08. The van der Waals surface area contributed by atoms with Gasteiger partial charge in [0.2, 0.25) is 0 Å². The normalized spacial score (nSPS) is 19.7. The number of carbonyl (C=O) groups excluding carboxylic acids is 1. The number of hydroxylamine groups is 2. The minimum absolute atomic E-state index is 0.229. The lowest BCUT2D eigenvalue weighted by Gasteiger charge is -2.25. The van der Waals surface area contributed by atoms with Crippen LogP contribution in [0, 0.1) is 17.2 Å². The molecule has 0 spiro atoms. The first-order valence-electron chi connectivity index (χ1n) is 5.07. The van der Waals surface area contributed by atoms with Gasteiger partial charge in [-0.25, -0.2) is 0 Å². The number of nitrogens with zero attached hydrogens (tertiary/aromatic N) is 2. The highest BCUT2D eigenvalue weighted by atomic mass is 16.7. The standard InChI is InChI=1S/C10H16N2O2/c1-9(5-6-11)10(13)14-12-7-3-2-4-8-12/h9H,2-5,7-8H2,1H3. The monoisotopic (exact) mass is 196 g/mol. The highest BCUT2D eigenvalue weighted by Crippen LogP contribution is 2.11. The van der Waals surface area contributed by atoms with Gasteiger partial charge in [0.15, 0.2) is 0 Å². The van der Waals surface area contributed by atoms with Crippen molar-refractivity contribution in [2.24, 2.45) is 5.92 Å². The Bertz CT molecular complexity index is 229. The van der Waals surface area contributed by atoms with Crippen LogP contribution in [0.5, 0.6) is 0 Å². The third-order valence-corrected chi connectivity index (χ3v) is 2.33. The maximum Gasteiger partial charge on any atom is 0.328 e. The molecule has 78 valence electrons. The Morgan fingerprint density at radius 2 is 2.14 bits per heavy atom. The van der Waals surface area contributed by atoms with E-state index in [1.807, 2.05) is 6.07 Å². The fourth-order valence-corrected chi connectivity index (χ4v) is 1.39. The summed E-state index contributed by atoms with van der Waals surface area (Å²) in [4.78, 5) is 16.5.